The normalized spacial score (nSPS) is 14.5. The fourth-order valence-corrected chi connectivity index (χ4v) is 5.51. The van der Waals surface area contributed by atoms with Crippen LogP contribution >= 0.6 is 0 Å². The molecule has 0 saturated carbocycles. The van der Waals surface area contributed by atoms with Gasteiger partial charge in [0.2, 0.25) is 5.91 Å². The number of piperidine rings is 1. The molecule has 5 aromatic rings. The van der Waals surface area contributed by atoms with E-state index in [4.69, 9.17) is 9.72 Å². The van der Waals surface area contributed by atoms with E-state index >= 15 is 0 Å². The number of hydrogen-bond donors (Lipinski definition) is 1. The predicted molar refractivity (Wildman–Crippen MR) is 143 cm³/mol. The van der Waals surface area contributed by atoms with Gasteiger partial charge in [-0.25, -0.2) is 4.98 Å². The van der Waals surface area contributed by atoms with E-state index in [1.54, 1.807) is 7.11 Å². The Morgan fingerprint density at radius 3 is 2.61 bits per heavy atom. The summed E-state index contributed by atoms with van der Waals surface area (Å²) in [4.78, 5) is 23.5. The number of benzene rings is 3. The van der Waals surface area contributed by atoms with Crippen molar-refractivity contribution in [2.24, 2.45) is 0 Å². The number of methoxy groups -OCH3 is 1. The van der Waals surface area contributed by atoms with Gasteiger partial charge >= 0.3 is 0 Å². The molecule has 3 heterocycles. The van der Waals surface area contributed by atoms with Gasteiger partial charge in [-0.1, -0.05) is 30.3 Å². The van der Waals surface area contributed by atoms with Gasteiger partial charge in [0.1, 0.15) is 11.6 Å². The molecule has 0 bridgehead atoms. The van der Waals surface area contributed by atoms with Crippen molar-refractivity contribution in [1.82, 2.24) is 19.4 Å². The summed E-state index contributed by atoms with van der Waals surface area (Å²) in [6.07, 6.45) is 5.15. The molecule has 1 N–H and O–H groups in total. The molecule has 6 nitrogen and oxygen atoms in total. The quantitative estimate of drug-likeness (QED) is 0.333. The summed E-state index contributed by atoms with van der Waals surface area (Å²) >= 11 is 0. The van der Waals surface area contributed by atoms with E-state index in [1.165, 1.54) is 10.9 Å². The molecular formula is C30H30N4O2. The van der Waals surface area contributed by atoms with Crippen LogP contribution in [0.1, 0.15) is 36.6 Å². The molecule has 0 radical (unpaired) electrons. The van der Waals surface area contributed by atoms with E-state index in [1.807, 2.05) is 47.4 Å². The van der Waals surface area contributed by atoms with Crippen molar-refractivity contribution < 1.29 is 9.53 Å². The minimum atomic E-state index is 0.209. The van der Waals surface area contributed by atoms with Crippen molar-refractivity contribution in [3.63, 3.8) is 0 Å². The lowest BCUT2D eigenvalue weighted by Crippen LogP contribution is -2.38. The summed E-state index contributed by atoms with van der Waals surface area (Å²) in [5.41, 5.74) is 5.56. The molecule has 6 heteroatoms. The molecule has 36 heavy (non-hydrogen) atoms. The second-order valence-corrected chi connectivity index (χ2v) is 9.50. The number of hydrogen-bond acceptors (Lipinski definition) is 3. The van der Waals surface area contributed by atoms with Crippen molar-refractivity contribution >= 4 is 27.8 Å². The molecule has 0 unspecified atom stereocenters. The van der Waals surface area contributed by atoms with Crippen LogP contribution in [0.25, 0.3) is 27.6 Å². The van der Waals surface area contributed by atoms with Gasteiger partial charge in [-0.3, -0.25) is 9.36 Å². The molecule has 0 atom stereocenters. The third-order valence-electron chi connectivity index (χ3n) is 7.42. The number of imidazole rings is 1. The number of aromatic nitrogens is 3. The highest BCUT2D eigenvalue weighted by molar-refractivity contribution is 5.85. The van der Waals surface area contributed by atoms with Crippen molar-refractivity contribution in [3.8, 4) is 11.4 Å². The van der Waals surface area contributed by atoms with E-state index in [0.29, 0.717) is 18.8 Å². The molecule has 0 aliphatic carbocycles. The molecule has 1 aliphatic heterocycles. The van der Waals surface area contributed by atoms with Crippen LogP contribution in [-0.4, -0.2) is 45.5 Å². The van der Waals surface area contributed by atoms with Gasteiger partial charge in [0.25, 0.3) is 0 Å². The maximum atomic E-state index is 13.2. The van der Waals surface area contributed by atoms with E-state index in [2.05, 4.69) is 46.1 Å². The largest absolute Gasteiger partial charge is 0.497 e. The van der Waals surface area contributed by atoms with Gasteiger partial charge in [-0.15, -0.1) is 0 Å². The van der Waals surface area contributed by atoms with E-state index in [0.717, 1.165) is 59.7 Å². The minimum Gasteiger partial charge on any atom is -0.497 e. The number of H-pyrrole nitrogens is 1. The number of rotatable bonds is 6. The zero-order valence-electron chi connectivity index (χ0n) is 20.5. The Hall–Kier alpha value is -4.06. The summed E-state index contributed by atoms with van der Waals surface area (Å²) in [6, 6.07) is 24.6. The molecule has 1 amide bonds. The Morgan fingerprint density at radius 2 is 1.81 bits per heavy atom. The predicted octanol–water partition coefficient (Wildman–Crippen LogP) is 5.85. The van der Waals surface area contributed by atoms with Gasteiger partial charge in [0.15, 0.2) is 0 Å². The first-order chi connectivity index (χ1) is 17.7. The summed E-state index contributed by atoms with van der Waals surface area (Å²) in [6.45, 7) is 1.57. The monoisotopic (exact) mass is 478 g/mol. The number of likely N-dealkylation sites (tertiary alicyclic amines) is 1. The van der Waals surface area contributed by atoms with Crippen LogP contribution in [0.4, 0.5) is 0 Å². The Bertz CT molecular complexity index is 1510. The van der Waals surface area contributed by atoms with Gasteiger partial charge in [0, 0.05) is 48.7 Å². The molecule has 6 rings (SSSR count). The Labute approximate surface area is 210 Å². The van der Waals surface area contributed by atoms with Crippen LogP contribution in [0.15, 0.2) is 79.0 Å². The van der Waals surface area contributed by atoms with Gasteiger partial charge in [-0.05, 0) is 66.8 Å². The Kier molecular flexibility index (Phi) is 5.93. The second kappa shape index (κ2) is 9.53. The standard InChI is InChI=1S/C30H30N4O2/c1-36-23-11-12-26-24(19-23)25(20-31-26)21-15-17-33(18-16-21)30(35)14-13-29-32-27-9-5-6-10-28(27)34(29)22-7-3-2-4-8-22/h2-12,19-21,31H,13-18H2,1H3. The molecule has 1 fully saturated rings. The number of nitrogens with one attached hydrogen (secondary N) is 1. The van der Waals surface area contributed by atoms with E-state index in [9.17, 15) is 4.79 Å². The second-order valence-electron chi connectivity index (χ2n) is 9.50. The number of ether oxygens (including phenoxy) is 1. The average molecular weight is 479 g/mol. The number of aromatic amines is 1. The maximum absolute atomic E-state index is 13.2. The number of fused-ring (bicyclic) bond motifs is 2. The SMILES string of the molecule is COc1ccc2[nH]cc(C3CCN(C(=O)CCc4nc5ccccc5n4-c4ccccc4)CC3)c2c1. The highest BCUT2D eigenvalue weighted by Crippen LogP contribution is 2.35. The van der Waals surface area contributed by atoms with Gasteiger partial charge < -0.3 is 14.6 Å². The van der Waals surface area contributed by atoms with Crippen LogP contribution in [0.2, 0.25) is 0 Å². The Balaban J connectivity index is 1.14. The Morgan fingerprint density at radius 1 is 1.03 bits per heavy atom. The van der Waals surface area contributed by atoms with Gasteiger partial charge in [0.05, 0.1) is 18.1 Å². The van der Waals surface area contributed by atoms with Crippen molar-refractivity contribution in [3.05, 3.63) is 90.4 Å². The van der Waals surface area contributed by atoms with E-state index in [-0.39, 0.29) is 5.91 Å². The average Bonchev–Trinajstić information content (AvgIpc) is 3.53. The van der Waals surface area contributed by atoms with E-state index < -0.39 is 0 Å². The highest BCUT2D eigenvalue weighted by Gasteiger charge is 2.26. The lowest BCUT2D eigenvalue weighted by atomic mass is 9.89. The molecule has 1 aliphatic rings. The van der Waals surface area contributed by atoms with Crippen LogP contribution in [0, 0.1) is 0 Å². The van der Waals surface area contributed by atoms with Crippen LogP contribution < -0.4 is 4.74 Å². The first-order valence-electron chi connectivity index (χ1n) is 12.7. The lowest BCUT2D eigenvalue weighted by molar-refractivity contribution is -0.132. The third-order valence-corrected chi connectivity index (χ3v) is 7.42. The number of para-hydroxylation sites is 3. The van der Waals surface area contributed by atoms with Gasteiger partial charge in [-0.2, -0.15) is 0 Å². The molecule has 3 aromatic carbocycles. The highest BCUT2D eigenvalue weighted by atomic mass is 16.5. The fraction of sp³-hybridized carbons (Fsp3) is 0.267. The van der Waals surface area contributed by atoms with Crippen molar-refractivity contribution in [2.75, 3.05) is 20.2 Å². The van der Waals surface area contributed by atoms with Crippen molar-refractivity contribution in [2.45, 2.75) is 31.6 Å². The smallest absolute Gasteiger partial charge is 0.223 e. The molecule has 2 aromatic heterocycles. The fourth-order valence-electron chi connectivity index (χ4n) is 5.51. The topological polar surface area (TPSA) is 63.1 Å². The first-order valence-corrected chi connectivity index (χ1v) is 12.7. The first kappa shape index (κ1) is 22.4. The molecule has 182 valence electrons. The molecule has 0 spiro atoms. The lowest BCUT2D eigenvalue weighted by Gasteiger charge is -2.32. The zero-order valence-corrected chi connectivity index (χ0v) is 20.5. The summed E-state index contributed by atoms with van der Waals surface area (Å²) < 4.78 is 7.61. The van der Waals surface area contributed by atoms with Crippen molar-refractivity contribution in [1.29, 1.82) is 0 Å². The third kappa shape index (κ3) is 4.13. The number of carbonyl (C=O) groups is 1. The summed E-state index contributed by atoms with van der Waals surface area (Å²) in [5, 5.41) is 1.22. The minimum absolute atomic E-state index is 0.209. The summed E-state index contributed by atoms with van der Waals surface area (Å²) in [5.74, 6) is 2.45. The molecule has 1 saturated heterocycles. The van der Waals surface area contributed by atoms with Crippen LogP contribution in [-0.2, 0) is 11.2 Å². The number of aryl methyl sites for hydroxylation is 1. The number of nitrogens with zero attached hydrogens (tertiary/aromatic N) is 3. The zero-order chi connectivity index (χ0) is 24.5. The van der Waals surface area contributed by atoms with Crippen LogP contribution in [0.3, 0.4) is 0 Å². The maximum Gasteiger partial charge on any atom is 0.223 e. The summed E-state index contributed by atoms with van der Waals surface area (Å²) in [7, 11) is 1.70. The molecular weight excluding hydrogens is 448 g/mol. The number of amides is 1. The van der Waals surface area contributed by atoms with Crippen LogP contribution in [0.5, 0.6) is 5.75 Å². The number of carbonyl (C=O) groups excluding carboxylic acids is 1.